The molecule has 1 N–H and O–H groups in total. The summed E-state index contributed by atoms with van der Waals surface area (Å²) in [7, 11) is -3.87. The van der Waals surface area contributed by atoms with Gasteiger partial charge in [0, 0.05) is 11.6 Å². The Balaban J connectivity index is 2.03. The fourth-order valence-electron chi connectivity index (χ4n) is 2.47. The number of carboxylic acids is 1. The number of carbonyl (C=O) groups excluding carboxylic acids is 1. The summed E-state index contributed by atoms with van der Waals surface area (Å²) in [5, 5.41) is 8.94. The van der Waals surface area contributed by atoms with Gasteiger partial charge in [-0.15, -0.1) is 0 Å². The lowest BCUT2D eigenvalue weighted by Crippen LogP contribution is -2.28. The predicted molar refractivity (Wildman–Crippen MR) is 85.8 cm³/mol. The van der Waals surface area contributed by atoms with Gasteiger partial charge in [-0.3, -0.25) is 4.79 Å². The van der Waals surface area contributed by atoms with Crippen molar-refractivity contribution < 1.29 is 32.6 Å². The van der Waals surface area contributed by atoms with Crippen LogP contribution in [0.25, 0.3) is 0 Å². The van der Waals surface area contributed by atoms with Gasteiger partial charge >= 0.3 is 12.3 Å². The number of aryl methyl sites for hydroxylation is 1. The van der Waals surface area contributed by atoms with E-state index in [1.54, 1.807) is 6.92 Å². The van der Waals surface area contributed by atoms with Crippen LogP contribution < -0.4 is 9.47 Å². The molecule has 1 atom stereocenters. The van der Waals surface area contributed by atoms with E-state index >= 15 is 0 Å². The van der Waals surface area contributed by atoms with Crippen molar-refractivity contribution in [2.75, 3.05) is 0 Å². The summed E-state index contributed by atoms with van der Waals surface area (Å²) in [5.74, 6) is -1.24. The molecule has 7 nitrogen and oxygen atoms in total. The minimum atomic E-state index is -3.87. The molecule has 2 aromatic rings. The predicted octanol–water partition coefficient (Wildman–Crippen LogP) is 2.21. The summed E-state index contributed by atoms with van der Waals surface area (Å²) in [5.41, 5.74) is 0.801. The minimum absolute atomic E-state index is 0.0172. The van der Waals surface area contributed by atoms with Gasteiger partial charge in [-0.25, -0.2) is 13.2 Å². The number of Topliss-reactive ketones (excluding diaryl/α,β-unsaturated/α-hetero) is 1. The van der Waals surface area contributed by atoms with E-state index in [-0.39, 0.29) is 27.1 Å². The molecule has 0 amide bonds. The molecule has 1 heterocycles. The standard InChI is InChI=1S/C17H14O7S/c1-9-7-13-14(24-17(23-13)16(19)20)8-15(9)25(21,22)12-5-3-11(4-6-12)10(2)18/h3-8,17H,1-2H3,(H,19,20). The van der Waals surface area contributed by atoms with Crippen LogP contribution in [-0.4, -0.2) is 31.6 Å². The van der Waals surface area contributed by atoms with Crippen LogP contribution in [0.4, 0.5) is 0 Å². The van der Waals surface area contributed by atoms with Crippen LogP contribution in [0.5, 0.6) is 11.5 Å². The molecule has 0 saturated heterocycles. The average Bonchev–Trinajstić information content (AvgIpc) is 2.97. The zero-order valence-electron chi connectivity index (χ0n) is 13.3. The smallest absolute Gasteiger partial charge is 0.387 e. The average molecular weight is 362 g/mol. The van der Waals surface area contributed by atoms with Crippen LogP contribution in [0, 0.1) is 6.92 Å². The van der Waals surface area contributed by atoms with E-state index < -0.39 is 22.1 Å². The number of hydrogen-bond acceptors (Lipinski definition) is 6. The molecule has 1 aliphatic rings. The number of aliphatic carboxylic acids is 1. The zero-order valence-corrected chi connectivity index (χ0v) is 14.2. The first-order chi connectivity index (χ1) is 11.7. The van der Waals surface area contributed by atoms with Gasteiger partial charge in [0.25, 0.3) is 0 Å². The highest BCUT2D eigenvalue weighted by Gasteiger charge is 2.33. The SMILES string of the molecule is CC(=O)c1ccc(S(=O)(=O)c2cc3c(cc2C)OC(C(=O)O)O3)cc1. The summed E-state index contributed by atoms with van der Waals surface area (Å²) in [6, 6.07) is 8.28. The van der Waals surface area contributed by atoms with E-state index in [0.717, 1.165) is 0 Å². The molecule has 0 aliphatic carbocycles. The third-order valence-electron chi connectivity index (χ3n) is 3.77. The first kappa shape index (κ1) is 17.0. The van der Waals surface area contributed by atoms with Gasteiger partial charge in [-0.1, -0.05) is 12.1 Å². The van der Waals surface area contributed by atoms with Gasteiger partial charge in [0.2, 0.25) is 9.84 Å². The van der Waals surface area contributed by atoms with Crippen molar-refractivity contribution in [1.82, 2.24) is 0 Å². The van der Waals surface area contributed by atoms with Crippen LogP contribution in [0.1, 0.15) is 22.8 Å². The highest BCUT2D eigenvalue weighted by Crippen LogP contribution is 2.39. The fraction of sp³-hybridized carbons (Fsp3) is 0.176. The lowest BCUT2D eigenvalue weighted by atomic mass is 10.2. The summed E-state index contributed by atoms with van der Waals surface area (Å²) in [6.07, 6.45) is -1.50. The third-order valence-corrected chi connectivity index (χ3v) is 5.68. The molecule has 0 fully saturated rings. The Labute approximate surface area is 143 Å². The molecule has 1 aliphatic heterocycles. The first-order valence-electron chi connectivity index (χ1n) is 7.27. The number of fused-ring (bicyclic) bond motifs is 1. The second-order valence-electron chi connectivity index (χ2n) is 5.55. The Bertz CT molecular complexity index is 975. The molecule has 0 spiro atoms. The maximum absolute atomic E-state index is 12.9. The van der Waals surface area contributed by atoms with Crippen molar-refractivity contribution in [3.63, 3.8) is 0 Å². The molecular weight excluding hydrogens is 348 g/mol. The van der Waals surface area contributed by atoms with Crippen LogP contribution in [0.3, 0.4) is 0 Å². The molecule has 25 heavy (non-hydrogen) atoms. The molecule has 130 valence electrons. The topological polar surface area (TPSA) is 107 Å². The highest BCUT2D eigenvalue weighted by atomic mass is 32.2. The summed E-state index contributed by atoms with van der Waals surface area (Å²) in [4.78, 5) is 22.3. The van der Waals surface area contributed by atoms with Crippen LogP contribution in [0.15, 0.2) is 46.2 Å². The molecule has 1 unspecified atom stereocenters. The summed E-state index contributed by atoms with van der Waals surface area (Å²) >= 11 is 0. The van der Waals surface area contributed by atoms with Gasteiger partial charge in [-0.2, -0.15) is 0 Å². The van der Waals surface area contributed by atoms with Gasteiger partial charge in [-0.05, 0) is 37.6 Å². The lowest BCUT2D eigenvalue weighted by Gasteiger charge is -2.09. The Morgan fingerprint density at radius 3 is 2.12 bits per heavy atom. The van der Waals surface area contributed by atoms with E-state index in [0.29, 0.717) is 11.1 Å². The van der Waals surface area contributed by atoms with Crippen LogP contribution in [0.2, 0.25) is 0 Å². The number of rotatable bonds is 4. The summed E-state index contributed by atoms with van der Waals surface area (Å²) < 4.78 is 35.9. The number of sulfone groups is 1. The van der Waals surface area contributed by atoms with Gasteiger partial charge < -0.3 is 14.6 Å². The second-order valence-corrected chi connectivity index (χ2v) is 7.47. The summed E-state index contributed by atoms with van der Waals surface area (Å²) in [6.45, 7) is 2.97. The van der Waals surface area contributed by atoms with Crippen molar-refractivity contribution in [2.24, 2.45) is 0 Å². The maximum Gasteiger partial charge on any atom is 0.387 e. The molecule has 2 aromatic carbocycles. The van der Waals surface area contributed by atoms with Crippen LogP contribution in [-0.2, 0) is 14.6 Å². The number of ether oxygens (including phenoxy) is 2. The minimum Gasteiger partial charge on any atom is -0.476 e. The molecular formula is C17H14O7S. The van der Waals surface area contributed by atoms with Crippen LogP contribution >= 0.6 is 0 Å². The molecule has 0 radical (unpaired) electrons. The number of ketones is 1. The van der Waals surface area contributed by atoms with Gasteiger partial charge in [0.15, 0.2) is 17.3 Å². The molecule has 8 heteroatoms. The van der Waals surface area contributed by atoms with Gasteiger partial charge in [0.05, 0.1) is 9.79 Å². The number of hydrogen-bond donors (Lipinski definition) is 1. The Morgan fingerprint density at radius 1 is 1.04 bits per heavy atom. The van der Waals surface area contributed by atoms with Crippen molar-refractivity contribution in [2.45, 2.75) is 29.9 Å². The number of carbonyl (C=O) groups is 2. The van der Waals surface area contributed by atoms with E-state index in [9.17, 15) is 18.0 Å². The quantitative estimate of drug-likeness (QED) is 0.831. The normalized spacial score (nSPS) is 15.8. The number of carboxylic acid groups (broad SMARTS) is 1. The van der Waals surface area contributed by atoms with Crippen molar-refractivity contribution in [3.05, 3.63) is 47.5 Å². The third kappa shape index (κ3) is 2.96. The Morgan fingerprint density at radius 2 is 1.60 bits per heavy atom. The van der Waals surface area contributed by atoms with Crippen molar-refractivity contribution >= 4 is 21.6 Å². The highest BCUT2D eigenvalue weighted by molar-refractivity contribution is 7.91. The Kier molecular flexibility index (Phi) is 4.00. The van der Waals surface area contributed by atoms with Crippen molar-refractivity contribution in [1.29, 1.82) is 0 Å². The first-order valence-corrected chi connectivity index (χ1v) is 8.75. The van der Waals surface area contributed by atoms with E-state index in [1.165, 1.54) is 43.3 Å². The van der Waals surface area contributed by atoms with E-state index in [2.05, 4.69) is 0 Å². The molecule has 0 saturated carbocycles. The Hall–Kier alpha value is -2.87. The fourth-order valence-corrected chi connectivity index (χ4v) is 3.96. The van der Waals surface area contributed by atoms with Gasteiger partial charge in [0.1, 0.15) is 0 Å². The van der Waals surface area contributed by atoms with E-state index in [4.69, 9.17) is 14.6 Å². The second kappa shape index (κ2) is 5.89. The van der Waals surface area contributed by atoms with Crippen molar-refractivity contribution in [3.8, 4) is 11.5 Å². The molecule has 0 bridgehead atoms. The van der Waals surface area contributed by atoms with E-state index in [1.807, 2.05) is 0 Å². The zero-order chi connectivity index (χ0) is 18.4. The molecule has 0 aromatic heterocycles. The molecule has 3 rings (SSSR count). The number of benzene rings is 2. The largest absolute Gasteiger partial charge is 0.476 e. The monoisotopic (exact) mass is 362 g/mol. The maximum atomic E-state index is 12.9. The lowest BCUT2D eigenvalue weighted by molar-refractivity contribution is -0.154.